The topological polar surface area (TPSA) is 82.1 Å². The van der Waals surface area contributed by atoms with Crippen LogP contribution in [0, 0.1) is 5.92 Å². The smallest absolute Gasteiger partial charge is 0.410 e. The molecule has 3 rings (SSSR count). The molecule has 7 nitrogen and oxygen atoms in total. The number of fused-ring (bicyclic) bond motifs is 2. The minimum atomic E-state index is -0.495. The summed E-state index contributed by atoms with van der Waals surface area (Å²) >= 11 is 0. The lowest BCUT2D eigenvalue weighted by molar-refractivity contribution is -0.151. The third-order valence-corrected chi connectivity index (χ3v) is 4.90. The monoisotopic (exact) mass is 361 g/mol. The molecule has 7 heteroatoms. The van der Waals surface area contributed by atoms with Crippen LogP contribution in [0.2, 0.25) is 0 Å². The summed E-state index contributed by atoms with van der Waals surface area (Å²) in [7, 11) is 0. The average molecular weight is 361 g/mol. The standard InChI is InChI=1S/C19H23NO6/c1-3-24-18(22)14-9-16-17(26-12(2)21)10-15(14)20(16)19(23)25-11-13-7-5-4-6-8-13/h4-8,14-17H,3,9-11H2,1-2H3/t14-,15?,16?,17?/m1/s1. The number of carbonyl (C=O) groups excluding carboxylic acids is 3. The Balaban J connectivity index is 1.70. The Kier molecular flexibility index (Phi) is 5.44. The number of esters is 2. The van der Waals surface area contributed by atoms with Gasteiger partial charge in [-0.25, -0.2) is 4.79 Å². The molecule has 1 amide bonds. The Morgan fingerprint density at radius 3 is 2.46 bits per heavy atom. The van der Waals surface area contributed by atoms with E-state index in [1.54, 1.807) is 11.8 Å². The van der Waals surface area contributed by atoms with Crippen LogP contribution in [-0.4, -0.2) is 47.7 Å². The van der Waals surface area contributed by atoms with Crippen LogP contribution in [0.5, 0.6) is 0 Å². The maximum Gasteiger partial charge on any atom is 0.410 e. The first kappa shape index (κ1) is 18.2. The predicted molar refractivity (Wildman–Crippen MR) is 91.0 cm³/mol. The summed E-state index contributed by atoms with van der Waals surface area (Å²) in [6.45, 7) is 3.53. The molecular weight excluding hydrogens is 338 g/mol. The van der Waals surface area contributed by atoms with Gasteiger partial charge in [0, 0.05) is 13.3 Å². The fraction of sp³-hybridized carbons (Fsp3) is 0.526. The summed E-state index contributed by atoms with van der Waals surface area (Å²) < 4.78 is 15.9. The Morgan fingerprint density at radius 2 is 1.81 bits per heavy atom. The van der Waals surface area contributed by atoms with E-state index in [9.17, 15) is 14.4 Å². The molecule has 0 spiro atoms. The van der Waals surface area contributed by atoms with Crippen LogP contribution in [0.4, 0.5) is 4.79 Å². The first-order chi connectivity index (χ1) is 12.5. The summed E-state index contributed by atoms with van der Waals surface area (Å²) in [6.07, 6.45) is -0.0616. The molecule has 2 aliphatic heterocycles. The van der Waals surface area contributed by atoms with Crippen molar-refractivity contribution >= 4 is 18.0 Å². The van der Waals surface area contributed by atoms with E-state index in [2.05, 4.69) is 0 Å². The highest BCUT2D eigenvalue weighted by Crippen LogP contribution is 2.44. The van der Waals surface area contributed by atoms with Crippen LogP contribution in [0.15, 0.2) is 30.3 Å². The van der Waals surface area contributed by atoms with E-state index < -0.39 is 24.1 Å². The van der Waals surface area contributed by atoms with E-state index in [1.165, 1.54) is 6.92 Å². The summed E-state index contributed by atoms with van der Waals surface area (Å²) in [6, 6.07) is 8.64. The number of hydrogen-bond acceptors (Lipinski definition) is 6. The van der Waals surface area contributed by atoms with Gasteiger partial charge in [-0.1, -0.05) is 30.3 Å². The van der Waals surface area contributed by atoms with Crippen molar-refractivity contribution in [3.63, 3.8) is 0 Å². The fourth-order valence-corrected chi connectivity index (χ4v) is 3.88. The van der Waals surface area contributed by atoms with Crippen molar-refractivity contribution in [1.29, 1.82) is 0 Å². The summed E-state index contributed by atoms with van der Waals surface area (Å²) in [4.78, 5) is 37.7. The Bertz CT molecular complexity index is 676. The quantitative estimate of drug-likeness (QED) is 0.591. The van der Waals surface area contributed by atoms with Crippen LogP contribution in [-0.2, 0) is 30.4 Å². The highest BCUT2D eigenvalue weighted by molar-refractivity contribution is 5.78. The SMILES string of the molecule is CCOC(=O)[C@@H]1CC2C(OC(C)=O)CC1N2C(=O)OCc1ccccc1. The van der Waals surface area contributed by atoms with Crippen LogP contribution < -0.4 is 0 Å². The van der Waals surface area contributed by atoms with Gasteiger partial charge in [-0.2, -0.15) is 0 Å². The van der Waals surface area contributed by atoms with Crippen molar-refractivity contribution in [3.8, 4) is 0 Å². The molecule has 3 unspecified atom stereocenters. The molecule has 140 valence electrons. The summed E-state index contributed by atoms with van der Waals surface area (Å²) in [5, 5.41) is 0. The average Bonchev–Trinajstić information content (AvgIpc) is 3.15. The maximum atomic E-state index is 12.6. The third-order valence-electron chi connectivity index (χ3n) is 4.90. The van der Waals surface area contributed by atoms with Crippen molar-refractivity contribution in [2.45, 2.75) is 51.5 Å². The van der Waals surface area contributed by atoms with Gasteiger partial charge < -0.3 is 14.2 Å². The van der Waals surface area contributed by atoms with Gasteiger partial charge in [-0.3, -0.25) is 14.5 Å². The second-order valence-corrected chi connectivity index (χ2v) is 6.56. The van der Waals surface area contributed by atoms with Crippen LogP contribution in [0.25, 0.3) is 0 Å². The molecular formula is C19H23NO6. The number of carbonyl (C=O) groups is 3. The predicted octanol–water partition coefficient (Wildman–Crippen LogP) is 2.28. The molecule has 0 aliphatic carbocycles. The van der Waals surface area contributed by atoms with Crippen molar-refractivity contribution in [3.05, 3.63) is 35.9 Å². The lowest BCUT2D eigenvalue weighted by atomic mass is 9.87. The molecule has 2 bridgehead atoms. The van der Waals surface area contributed by atoms with E-state index in [0.717, 1.165) is 5.56 Å². The Morgan fingerprint density at radius 1 is 1.08 bits per heavy atom. The normalized spacial score (nSPS) is 26.5. The Hall–Kier alpha value is -2.57. The van der Waals surface area contributed by atoms with E-state index in [-0.39, 0.29) is 24.7 Å². The van der Waals surface area contributed by atoms with Crippen molar-refractivity contribution in [1.82, 2.24) is 4.90 Å². The van der Waals surface area contributed by atoms with E-state index in [1.807, 2.05) is 30.3 Å². The highest BCUT2D eigenvalue weighted by Gasteiger charge is 2.58. The molecule has 0 N–H and O–H groups in total. The summed E-state index contributed by atoms with van der Waals surface area (Å²) in [5.41, 5.74) is 0.880. The highest BCUT2D eigenvalue weighted by atomic mass is 16.6. The van der Waals surface area contributed by atoms with Crippen molar-refractivity contribution < 1.29 is 28.6 Å². The molecule has 4 atom stereocenters. The molecule has 1 aromatic rings. The number of benzene rings is 1. The molecule has 2 saturated heterocycles. The van der Waals surface area contributed by atoms with E-state index in [0.29, 0.717) is 19.4 Å². The molecule has 2 aliphatic rings. The van der Waals surface area contributed by atoms with E-state index in [4.69, 9.17) is 14.2 Å². The van der Waals surface area contributed by atoms with Crippen LogP contribution in [0.3, 0.4) is 0 Å². The second-order valence-electron chi connectivity index (χ2n) is 6.56. The zero-order valence-corrected chi connectivity index (χ0v) is 14.9. The number of hydrogen-bond donors (Lipinski definition) is 0. The van der Waals surface area contributed by atoms with Gasteiger partial charge >= 0.3 is 18.0 Å². The zero-order chi connectivity index (χ0) is 18.7. The van der Waals surface area contributed by atoms with Crippen molar-refractivity contribution in [2.75, 3.05) is 6.61 Å². The molecule has 2 heterocycles. The first-order valence-electron chi connectivity index (χ1n) is 8.84. The molecule has 0 aromatic heterocycles. The summed E-state index contributed by atoms with van der Waals surface area (Å²) in [5.74, 6) is -1.12. The van der Waals surface area contributed by atoms with Gasteiger partial charge in [0.1, 0.15) is 12.7 Å². The lowest BCUT2D eigenvalue weighted by Gasteiger charge is -2.23. The first-order valence-corrected chi connectivity index (χ1v) is 8.84. The van der Waals surface area contributed by atoms with Crippen LogP contribution in [0.1, 0.15) is 32.3 Å². The Labute approximate surface area is 152 Å². The van der Waals surface area contributed by atoms with Crippen LogP contribution >= 0.6 is 0 Å². The number of amides is 1. The second kappa shape index (κ2) is 7.76. The molecule has 0 radical (unpaired) electrons. The van der Waals surface area contributed by atoms with Gasteiger partial charge in [-0.15, -0.1) is 0 Å². The van der Waals surface area contributed by atoms with Gasteiger partial charge in [0.15, 0.2) is 0 Å². The van der Waals surface area contributed by atoms with Gasteiger partial charge in [0.2, 0.25) is 0 Å². The minimum Gasteiger partial charge on any atom is -0.466 e. The number of nitrogens with zero attached hydrogens (tertiary/aromatic N) is 1. The largest absolute Gasteiger partial charge is 0.466 e. The minimum absolute atomic E-state index is 0.151. The zero-order valence-electron chi connectivity index (χ0n) is 14.9. The number of rotatable bonds is 5. The lowest BCUT2D eigenvalue weighted by Crippen LogP contribution is -2.39. The van der Waals surface area contributed by atoms with E-state index >= 15 is 0 Å². The molecule has 1 aromatic carbocycles. The molecule has 0 saturated carbocycles. The molecule has 26 heavy (non-hydrogen) atoms. The molecule has 2 fully saturated rings. The van der Waals surface area contributed by atoms with Gasteiger partial charge in [-0.05, 0) is 18.9 Å². The van der Waals surface area contributed by atoms with Gasteiger partial charge in [0.25, 0.3) is 0 Å². The van der Waals surface area contributed by atoms with Gasteiger partial charge in [0.05, 0.1) is 24.6 Å². The maximum absolute atomic E-state index is 12.6. The number of ether oxygens (including phenoxy) is 3. The van der Waals surface area contributed by atoms with Crippen molar-refractivity contribution in [2.24, 2.45) is 5.92 Å². The third kappa shape index (κ3) is 3.66. The fourth-order valence-electron chi connectivity index (χ4n) is 3.88.